The lowest BCUT2D eigenvalue weighted by Gasteiger charge is -2.37. The number of hydrogen-bond donors (Lipinski definition) is 1. The van der Waals surface area contributed by atoms with Gasteiger partial charge in [0.1, 0.15) is 5.76 Å². The van der Waals surface area contributed by atoms with E-state index in [-0.39, 0.29) is 5.91 Å². The van der Waals surface area contributed by atoms with Crippen LogP contribution in [0.5, 0.6) is 0 Å². The molecule has 0 unspecified atom stereocenters. The van der Waals surface area contributed by atoms with Crippen molar-refractivity contribution in [2.24, 2.45) is 0 Å². The van der Waals surface area contributed by atoms with Crippen LogP contribution in [0.15, 0.2) is 53.4 Å². The summed E-state index contributed by atoms with van der Waals surface area (Å²) in [5.41, 5.74) is 4.36. The summed E-state index contributed by atoms with van der Waals surface area (Å²) in [4.78, 5) is 25.5. The molecule has 3 heterocycles. The van der Waals surface area contributed by atoms with Crippen molar-refractivity contribution in [3.05, 3.63) is 71.4 Å². The first-order chi connectivity index (χ1) is 14.1. The standard InChI is InChI=1S/C22H25N5O2/c1-16-5-3-7-20(17(16)2)26-8-10-27(11-9-26)21(28)18-13-23-22(24-14-18)25-15-19-6-4-12-29-19/h3-7,12-14H,8-11,15H2,1-2H3,(H,23,24,25). The number of benzene rings is 1. The molecule has 0 atom stereocenters. The van der Waals surface area contributed by atoms with Gasteiger partial charge in [-0.3, -0.25) is 4.79 Å². The molecular formula is C22H25N5O2. The summed E-state index contributed by atoms with van der Waals surface area (Å²) in [6, 6.07) is 10.1. The summed E-state index contributed by atoms with van der Waals surface area (Å²) in [6.07, 6.45) is 4.79. The molecule has 7 nitrogen and oxygen atoms in total. The Labute approximate surface area is 170 Å². The van der Waals surface area contributed by atoms with Crippen molar-refractivity contribution >= 4 is 17.5 Å². The zero-order valence-electron chi connectivity index (χ0n) is 16.8. The number of piperazine rings is 1. The van der Waals surface area contributed by atoms with Crippen LogP contribution in [0.2, 0.25) is 0 Å². The Kier molecular flexibility index (Phi) is 5.46. The monoisotopic (exact) mass is 391 g/mol. The molecule has 3 aromatic rings. The molecule has 1 aliphatic heterocycles. The highest BCUT2D eigenvalue weighted by Gasteiger charge is 2.23. The number of furan rings is 1. The quantitative estimate of drug-likeness (QED) is 0.720. The molecule has 1 saturated heterocycles. The highest BCUT2D eigenvalue weighted by atomic mass is 16.3. The first kappa shape index (κ1) is 19.0. The average Bonchev–Trinajstić information content (AvgIpc) is 3.28. The summed E-state index contributed by atoms with van der Waals surface area (Å²) in [5.74, 6) is 1.25. The largest absolute Gasteiger partial charge is 0.467 e. The molecule has 0 spiro atoms. The minimum atomic E-state index is -0.0248. The number of amides is 1. The zero-order valence-corrected chi connectivity index (χ0v) is 16.8. The summed E-state index contributed by atoms with van der Waals surface area (Å²) in [7, 11) is 0. The Balaban J connectivity index is 1.34. The second-order valence-electron chi connectivity index (χ2n) is 7.23. The maximum absolute atomic E-state index is 12.8. The molecule has 1 fully saturated rings. The number of nitrogens with one attached hydrogen (secondary N) is 1. The second-order valence-corrected chi connectivity index (χ2v) is 7.23. The molecule has 2 aromatic heterocycles. The molecule has 1 aliphatic rings. The van der Waals surface area contributed by atoms with Crippen molar-refractivity contribution in [1.29, 1.82) is 0 Å². The van der Waals surface area contributed by atoms with Gasteiger partial charge in [-0.15, -0.1) is 0 Å². The van der Waals surface area contributed by atoms with Crippen LogP contribution in [0, 0.1) is 13.8 Å². The van der Waals surface area contributed by atoms with Gasteiger partial charge in [-0.05, 0) is 43.2 Å². The first-order valence-corrected chi connectivity index (χ1v) is 9.80. The number of anilines is 2. The Bertz CT molecular complexity index is 961. The fourth-order valence-electron chi connectivity index (χ4n) is 3.52. The van der Waals surface area contributed by atoms with Crippen molar-refractivity contribution in [3.8, 4) is 0 Å². The van der Waals surface area contributed by atoms with E-state index in [4.69, 9.17) is 4.42 Å². The maximum atomic E-state index is 12.8. The van der Waals surface area contributed by atoms with Crippen LogP contribution < -0.4 is 10.2 Å². The summed E-state index contributed by atoms with van der Waals surface area (Å²) < 4.78 is 5.27. The van der Waals surface area contributed by atoms with Crippen LogP contribution in [0.3, 0.4) is 0 Å². The van der Waals surface area contributed by atoms with Gasteiger partial charge in [0.2, 0.25) is 5.95 Å². The summed E-state index contributed by atoms with van der Waals surface area (Å²) in [5, 5.41) is 3.08. The molecule has 0 aliphatic carbocycles. The van der Waals surface area contributed by atoms with Crippen LogP contribution in [0.4, 0.5) is 11.6 Å². The highest BCUT2D eigenvalue weighted by molar-refractivity contribution is 5.93. The number of carbonyl (C=O) groups excluding carboxylic acids is 1. The summed E-state index contributed by atoms with van der Waals surface area (Å²) >= 11 is 0. The molecule has 1 N–H and O–H groups in total. The predicted octanol–water partition coefficient (Wildman–Crippen LogP) is 3.26. The van der Waals surface area contributed by atoms with Crippen molar-refractivity contribution in [2.75, 3.05) is 36.4 Å². The van der Waals surface area contributed by atoms with Crippen LogP contribution >= 0.6 is 0 Å². The molecule has 7 heteroatoms. The van der Waals surface area contributed by atoms with Crippen molar-refractivity contribution < 1.29 is 9.21 Å². The van der Waals surface area contributed by atoms with Gasteiger partial charge in [0.25, 0.3) is 5.91 Å². The second kappa shape index (κ2) is 8.34. The van der Waals surface area contributed by atoms with Gasteiger partial charge in [0, 0.05) is 44.3 Å². The van der Waals surface area contributed by atoms with Gasteiger partial charge in [0.05, 0.1) is 18.4 Å². The Morgan fingerprint density at radius 1 is 1.07 bits per heavy atom. The summed E-state index contributed by atoms with van der Waals surface area (Å²) in [6.45, 7) is 7.79. The lowest BCUT2D eigenvalue weighted by molar-refractivity contribution is 0.0746. The normalized spacial score (nSPS) is 14.1. The van der Waals surface area contributed by atoms with E-state index in [9.17, 15) is 4.79 Å². The van der Waals surface area contributed by atoms with Gasteiger partial charge in [-0.25, -0.2) is 9.97 Å². The Morgan fingerprint density at radius 2 is 1.83 bits per heavy atom. The van der Waals surface area contributed by atoms with Crippen LogP contribution in [-0.4, -0.2) is 47.0 Å². The molecule has 1 aromatic carbocycles. The fraction of sp³-hybridized carbons (Fsp3) is 0.318. The maximum Gasteiger partial charge on any atom is 0.257 e. The van der Waals surface area contributed by atoms with Gasteiger partial charge in [-0.1, -0.05) is 12.1 Å². The van der Waals surface area contributed by atoms with Crippen molar-refractivity contribution in [1.82, 2.24) is 14.9 Å². The minimum Gasteiger partial charge on any atom is -0.467 e. The predicted molar refractivity (Wildman–Crippen MR) is 112 cm³/mol. The average molecular weight is 391 g/mol. The first-order valence-electron chi connectivity index (χ1n) is 9.80. The number of hydrogen-bond acceptors (Lipinski definition) is 6. The van der Waals surface area contributed by atoms with E-state index in [1.807, 2.05) is 17.0 Å². The van der Waals surface area contributed by atoms with Gasteiger partial charge in [-0.2, -0.15) is 0 Å². The molecule has 1 amide bonds. The molecule has 0 bridgehead atoms. The third-order valence-electron chi connectivity index (χ3n) is 5.38. The molecule has 4 rings (SSSR count). The van der Waals surface area contributed by atoms with Gasteiger partial charge >= 0.3 is 0 Å². The van der Waals surface area contributed by atoms with E-state index < -0.39 is 0 Å². The molecule has 0 radical (unpaired) electrons. The SMILES string of the molecule is Cc1cccc(N2CCN(C(=O)c3cnc(NCc4ccco4)nc3)CC2)c1C. The van der Waals surface area contributed by atoms with E-state index in [1.54, 1.807) is 18.7 Å². The fourth-order valence-corrected chi connectivity index (χ4v) is 3.52. The molecule has 0 saturated carbocycles. The van der Waals surface area contributed by atoms with Crippen LogP contribution in [0.25, 0.3) is 0 Å². The lowest BCUT2D eigenvalue weighted by Crippen LogP contribution is -2.49. The number of rotatable bonds is 5. The molecule has 150 valence electrons. The lowest BCUT2D eigenvalue weighted by atomic mass is 10.1. The number of aryl methyl sites for hydroxylation is 1. The van der Waals surface area contributed by atoms with Gasteiger partial charge < -0.3 is 19.5 Å². The number of aromatic nitrogens is 2. The van der Waals surface area contributed by atoms with E-state index in [0.717, 1.165) is 18.8 Å². The van der Waals surface area contributed by atoms with E-state index in [1.165, 1.54) is 16.8 Å². The topological polar surface area (TPSA) is 74.5 Å². The van der Waals surface area contributed by atoms with Crippen molar-refractivity contribution in [2.45, 2.75) is 20.4 Å². The Morgan fingerprint density at radius 3 is 2.52 bits per heavy atom. The highest BCUT2D eigenvalue weighted by Crippen LogP contribution is 2.24. The van der Waals surface area contributed by atoms with Crippen molar-refractivity contribution in [3.63, 3.8) is 0 Å². The van der Waals surface area contributed by atoms with E-state index in [2.05, 4.69) is 52.2 Å². The third kappa shape index (κ3) is 4.23. The van der Waals surface area contributed by atoms with E-state index >= 15 is 0 Å². The third-order valence-corrected chi connectivity index (χ3v) is 5.38. The zero-order chi connectivity index (χ0) is 20.2. The number of carbonyl (C=O) groups is 1. The molecule has 29 heavy (non-hydrogen) atoms. The molecular weight excluding hydrogens is 366 g/mol. The smallest absolute Gasteiger partial charge is 0.257 e. The van der Waals surface area contributed by atoms with Crippen LogP contribution in [-0.2, 0) is 6.54 Å². The number of nitrogens with zero attached hydrogens (tertiary/aromatic N) is 4. The Hall–Kier alpha value is -3.35. The van der Waals surface area contributed by atoms with Crippen LogP contribution in [0.1, 0.15) is 27.2 Å². The van der Waals surface area contributed by atoms with E-state index in [0.29, 0.717) is 31.1 Å². The minimum absolute atomic E-state index is 0.0248. The van der Waals surface area contributed by atoms with Gasteiger partial charge in [0.15, 0.2) is 0 Å².